The van der Waals surface area contributed by atoms with Crippen LogP contribution in [0.15, 0.2) is 0 Å². The molecule has 1 aliphatic rings. The van der Waals surface area contributed by atoms with Gasteiger partial charge in [-0.2, -0.15) is 0 Å². The zero-order chi connectivity index (χ0) is 18.5. The average molecular weight is 361 g/mol. The van der Waals surface area contributed by atoms with E-state index in [2.05, 4.69) is 48.5 Å². The van der Waals surface area contributed by atoms with E-state index >= 15 is 0 Å². The Morgan fingerprint density at radius 2 is 1.79 bits per heavy atom. The molecule has 4 heteroatoms. The van der Waals surface area contributed by atoms with Crippen molar-refractivity contribution in [2.45, 2.75) is 99.2 Å². The molecule has 0 aromatic rings. The Bertz CT molecular complexity index is 398. The molecule has 0 bridgehead atoms. The SMILES string of the molecule is CC(C)CC(OC1CCC(CCS(=O)O)C1)C(C)(C)CC(C)(C)C. The minimum absolute atomic E-state index is 0.160. The van der Waals surface area contributed by atoms with Gasteiger partial charge in [0.2, 0.25) is 0 Å². The third-order valence-electron chi connectivity index (χ3n) is 5.09. The Labute approximate surface area is 152 Å². The summed E-state index contributed by atoms with van der Waals surface area (Å²) in [4.78, 5) is 0. The molecule has 1 aliphatic carbocycles. The highest BCUT2D eigenvalue weighted by Crippen LogP contribution is 2.41. The maximum Gasteiger partial charge on any atom is 0.152 e. The second kappa shape index (κ2) is 9.14. The fourth-order valence-corrected chi connectivity index (χ4v) is 4.92. The minimum atomic E-state index is -1.66. The van der Waals surface area contributed by atoms with Crippen molar-refractivity contribution in [2.24, 2.45) is 22.7 Å². The van der Waals surface area contributed by atoms with Crippen LogP contribution in [-0.4, -0.2) is 26.7 Å². The molecule has 0 radical (unpaired) electrons. The maximum atomic E-state index is 10.9. The van der Waals surface area contributed by atoms with Gasteiger partial charge in [-0.3, -0.25) is 0 Å². The molecule has 0 aromatic carbocycles. The van der Waals surface area contributed by atoms with Gasteiger partial charge in [-0.05, 0) is 61.2 Å². The van der Waals surface area contributed by atoms with Crippen molar-refractivity contribution in [3.05, 3.63) is 0 Å². The van der Waals surface area contributed by atoms with E-state index in [0.29, 0.717) is 29.1 Å². The van der Waals surface area contributed by atoms with Gasteiger partial charge in [0.25, 0.3) is 0 Å². The van der Waals surface area contributed by atoms with Gasteiger partial charge in [0.15, 0.2) is 11.1 Å². The van der Waals surface area contributed by atoms with E-state index in [1.807, 2.05) is 0 Å². The quantitative estimate of drug-likeness (QED) is 0.540. The van der Waals surface area contributed by atoms with Gasteiger partial charge < -0.3 is 9.29 Å². The first-order valence-corrected chi connectivity index (χ1v) is 10.9. The molecule has 0 saturated heterocycles. The zero-order valence-corrected chi connectivity index (χ0v) is 17.7. The van der Waals surface area contributed by atoms with E-state index in [1.165, 1.54) is 0 Å². The summed E-state index contributed by atoms with van der Waals surface area (Å²) in [6.45, 7) is 16.2. The van der Waals surface area contributed by atoms with Gasteiger partial charge in [-0.25, -0.2) is 4.21 Å². The summed E-state index contributed by atoms with van der Waals surface area (Å²) in [6.07, 6.45) is 7.00. The summed E-state index contributed by atoms with van der Waals surface area (Å²) in [7, 11) is 0. The number of hydrogen-bond donors (Lipinski definition) is 1. The second-order valence-corrected chi connectivity index (χ2v) is 11.1. The normalized spacial score (nSPS) is 25.2. The summed E-state index contributed by atoms with van der Waals surface area (Å²) in [5, 5.41) is 0. The first kappa shape index (κ1) is 22.1. The lowest BCUT2D eigenvalue weighted by molar-refractivity contribution is -0.0906. The van der Waals surface area contributed by atoms with E-state index < -0.39 is 11.1 Å². The molecule has 0 aromatic heterocycles. The molecule has 1 saturated carbocycles. The van der Waals surface area contributed by atoms with Crippen LogP contribution in [0.25, 0.3) is 0 Å². The Kier molecular flexibility index (Phi) is 8.42. The molecule has 1 fully saturated rings. The highest BCUT2D eigenvalue weighted by Gasteiger charge is 2.37. The van der Waals surface area contributed by atoms with Gasteiger partial charge in [0.05, 0.1) is 12.2 Å². The lowest BCUT2D eigenvalue weighted by Crippen LogP contribution is -2.38. The highest BCUT2D eigenvalue weighted by molar-refractivity contribution is 7.79. The Hall–Kier alpha value is 0.0700. The summed E-state index contributed by atoms with van der Waals surface area (Å²) in [5.41, 5.74) is 0.457. The Morgan fingerprint density at radius 1 is 1.17 bits per heavy atom. The standard InChI is InChI=1S/C20H40O3S/c1-15(2)12-18(20(6,7)14-19(3,4)5)23-17-9-8-16(13-17)10-11-24(21)22/h15-18H,8-14H2,1-7H3,(H,21,22). The summed E-state index contributed by atoms with van der Waals surface area (Å²) < 4.78 is 26.5. The van der Waals surface area contributed by atoms with Crippen LogP contribution >= 0.6 is 0 Å². The average Bonchev–Trinajstić information content (AvgIpc) is 2.80. The Balaban J connectivity index is 2.65. The summed E-state index contributed by atoms with van der Waals surface area (Å²) in [6, 6.07) is 0. The molecule has 4 unspecified atom stereocenters. The van der Waals surface area contributed by atoms with Crippen molar-refractivity contribution >= 4 is 11.1 Å². The third-order valence-corrected chi connectivity index (χ3v) is 5.68. The van der Waals surface area contributed by atoms with Crippen molar-refractivity contribution in [3.63, 3.8) is 0 Å². The minimum Gasteiger partial charge on any atom is -0.374 e. The molecule has 1 N–H and O–H groups in total. The molecule has 24 heavy (non-hydrogen) atoms. The predicted octanol–water partition coefficient (Wildman–Crippen LogP) is 5.66. The van der Waals surface area contributed by atoms with Crippen molar-refractivity contribution in [1.82, 2.24) is 0 Å². The smallest absolute Gasteiger partial charge is 0.152 e. The monoisotopic (exact) mass is 360 g/mol. The fraction of sp³-hybridized carbons (Fsp3) is 1.00. The van der Waals surface area contributed by atoms with Gasteiger partial charge in [0, 0.05) is 5.75 Å². The third kappa shape index (κ3) is 8.44. The summed E-state index contributed by atoms with van der Waals surface area (Å²) in [5.74, 6) is 1.59. The van der Waals surface area contributed by atoms with E-state index in [-0.39, 0.29) is 11.5 Å². The number of ether oxygens (including phenoxy) is 1. The van der Waals surface area contributed by atoms with Crippen LogP contribution in [0.5, 0.6) is 0 Å². The van der Waals surface area contributed by atoms with Crippen molar-refractivity contribution in [1.29, 1.82) is 0 Å². The molecule has 3 nitrogen and oxygen atoms in total. The van der Waals surface area contributed by atoms with E-state index in [9.17, 15) is 4.21 Å². The van der Waals surface area contributed by atoms with Crippen molar-refractivity contribution < 1.29 is 13.5 Å². The largest absolute Gasteiger partial charge is 0.374 e. The second-order valence-electron chi connectivity index (χ2n) is 10.1. The first-order chi connectivity index (χ1) is 10.9. The predicted molar refractivity (Wildman–Crippen MR) is 104 cm³/mol. The fourth-order valence-electron chi connectivity index (χ4n) is 4.38. The maximum absolute atomic E-state index is 10.9. The van der Waals surface area contributed by atoms with Crippen molar-refractivity contribution in [2.75, 3.05) is 5.75 Å². The lowest BCUT2D eigenvalue weighted by Gasteiger charge is -2.41. The topological polar surface area (TPSA) is 46.5 Å². The first-order valence-electron chi connectivity index (χ1n) is 9.62. The molecule has 1 rings (SSSR count). The van der Waals surface area contributed by atoms with Gasteiger partial charge >= 0.3 is 0 Å². The van der Waals surface area contributed by atoms with E-state index in [4.69, 9.17) is 9.29 Å². The lowest BCUT2D eigenvalue weighted by atomic mass is 9.71. The molecule has 0 spiro atoms. The number of rotatable bonds is 9. The molecule has 0 heterocycles. The molecular formula is C20H40O3S. The zero-order valence-electron chi connectivity index (χ0n) is 16.9. The molecule has 144 valence electrons. The summed E-state index contributed by atoms with van der Waals surface area (Å²) >= 11 is -1.66. The number of hydrogen-bond acceptors (Lipinski definition) is 2. The highest BCUT2D eigenvalue weighted by atomic mass is 32.2. The van der Waals surface area contributed by atoms with Gasteiger partial charge in [-0.15, -0.1) is 0 Å². The van der Waals surface area contributed by atoms with E-state index in [1.54, 1.807) is 0 Å². The van der Waals surface area contributed by atoms with Crippen LogP contribution in [-0.2, 0) is 15.8 Å². The van der Waals surface area contributed by atoms with Crippen LogP contribution in [0.3, 0.4) is 0 Å². The Morgan fingerprint density at radius 3 is 2.29 bits per heavy atom. The van der Waals surface area contributed by atoms with Crippen LogP contribution < -0.4 is 0 Å². The molecular weight excluding hydrogens is 320 g/mol. The molecule has 4 atom stereocenters. The van der Waals surface area contributed by atoms with Crippen LogP contribution in [0.1, 0.15) is 87.0 Å². The van der Waals surface area contributed by atoms with E-state index in [0.717, 1.165) is 38.5 Å². The van der Waals surface area contributed by atoms with Crippen LogP contribution in [0.2, 0.25) is 0 Å². The molecule has 0 aliphatic heterocycles. The van der Waals surface area contributed by atoms with Crippen LogP contribution in [0, 0.1) is 22.7 Å². The molecule has 0 amide bonds. The van der Waals surface area contributed by atoms with Crippen LogP contribution in [0.4, 0.5) is 0 Å². The van der Waals surface area contributed by atoms with Crippen molar-refractivity contribution in [3.8, 4) is 0 Å². The van der Waals surface area contributed by atoms with Gasteiger partial charge in [-0.1, -0.05) is 48.5 Å². The van der Waals surface area contributed by atoms with Gasteiger partial charge in [0.1, 0.15) is 0 Å².